The van der Waals surface area contributed by atoms with E-state index in [0.29, 0.717) is 34.2 Å². The molecule has 0 saturated carbocycles. The van der Waals surface area contributed by atoms with Crippen molar-refractivity contribution >= 4 is 23.2 Å². The minimum Gasteiger partial charge on any atom is -0.480 e. The third-order valence-corrected chi connectivity index (χ3v) is 4.39. The molecule has 0 aliphatic heterocycles. The van der Waals surface area contributed by atoms with Gasteiger partial charge in [-0.3, -0.25) is 4.79 Å². The molecule has 0 saturated heterocycles. The molecule has 0 bridgehead atoms. The molecule has 0 aliphatic rings. The van der Waals surface area contributed by atoms with Crippen LogP contribution in [-0.4, -0.2) is 28.0 Å². The Balaban J connectivity index is 2.17. The van der Waals surface area contributed by atoms with Gasteiger partial charge in [0.05, 0.1) is 5.69 Å². The summed E-state index contributed by atoms with van der Waals surface area (Å²) in [6.07, 6.45) is 2.43. The van der Waals surface area contributed by atoms with E-state index in [1.165, 1.54) is 11.3 Å². The summed E-state index contributed by atoms with van der Waals surface area (Å²) in [6, 6.07) is 2.66. The normalized spacial score (nSPS) is 11.9. The number of carboxylic acid groups (broad SMARTS) is 1. The Labute approximate surface area is 137 Å². The molecule has 0 spiro atoms. The average Bonchev–Trinajstić information content (AvgIpc) is 3.09. The van der Waals surface area contributed by atoms with E-state index in [-0.39, 0.29) is 0 Å². The predicted octanol–water partition coefficient (Wildman–Crippen LogP) is 3.17. The molecule has 0 aliphatic carbocycles. The van der Waals surface area contributed by atoms with Gasteiger partial charge in [0.15, 0.2) is 10.8 Å². The van der Waals surface area contributed by atoms with Crippen LogP contribution >= 0.6 is 11.3 Å². The van der Waals surface area contributed by atoms with Crippen molar-refractivity contribution in [2.45, 2.75) is 32.7 Å². The molecule has 1 amide bonds. The third kappa shape index (κ3) is 4.07. The quantitative estimate of drug-likeness (QED) is 0.759. The van der Waals surface area contributed by atoms with Crippen LogP contribution in [0.5, 0.6) is 0 Å². The zero-order chi connectivity index (χ0) is 17.0. The van der Waals surface area contributed by atoms with Gasteiger partial charge >= 0.3 is 5.97 Å². The largest absolute Gasteiger partial charge is 0.480 e. The summed E-state index contributed by atoms with van der Waals surface area (Å²) in [5, 5.41) is 12.3. The zero-order valence-corrected chi connectivity index (χ0v) is 13.8. The molecule has 0 aromatic carbocycles. The molecule has 122 valence electrons. The van der Waals surface area contributed by atoms with Gasteiger partial charge in [-0.05, 0) is 38.8 Å². The Morgan fingerprint density at radius 1 is 1.48 bits per heavy atom. The molecule has 23 heavy (non-hydrogen) atoms. The first-order valence-corrected chi connectivity index (χ1v) is 7.92. The third-order valence-electron chi connectivity index (χ3n) is 3.22. The van der Waals surface area contributed by atoms with E-state index in [1.54, 1.807) is 19.1 Å². The van der Waals surface area contributed by atoms with Gasteiger partial charge in [-0.25, -0.2) is 9.78 Å². The van der Waals surface area contributed by atoms with E-state index in [4.69, 9.17) is 4.42 Å². The van der Waals surface area contributed by atoms with Gasteiger partial charge < -0.3 is 14.8 Å². The van der Waals surface area contributed by atoms with Gasteiger partial charge in [0.25, 0.3) is 5.91 Å². The van der Waals surface area contributed by atoms with Crippen LogP contribution in [0.2, 0.25) is 0 Å². The smallest absolute Gasteiger partial charge is 0.326 e. The summed E-state index contributed by atoms with van der Waals surface area (Å²) in [4.78, 5) is 28.3. The van der Waals surface area contributed by atoms with Crippen molar-refractivity contribution in [1.82, 2.24) is 10.3 Å². The van der Waals surface area contributed by atoms with Crippen molar-refractivity contribution in [3.8, 4) is 10.8 Å². The van der Waals surface area contributed by atoms with Crippen LogP contribution in [0, 0.1) is 13.8 Å². The van der Waals surface area contributed by atoms with Crippen LogP contribution in [-0.2, 0) is 4.79 Å². The van der Waals surface area contributed by atoms with Crippen LogP contribution in [0.25, 0.3) is 10.8 Å². The number of rotatable bonds is 7. The Kier molecular flexibility index (Phi) is 5.33. The van der Waals surface area contributed by atoms with Crippen molar-refractivity contribution in [1.29, 1.82) is 0 Å². The molecule has 2 aromatic rings. The molecule has 6 nitrogen and oxygen atoms in total. The Morgan fingerprint density at radius 2 is 2.22 bits per heavy atom. The number of amides is 1. The number of nitrogens with one attached hydrogen (secondary N) is 1. The van der Waals surface area contributed by atoms with Gasteiger partial charge in [0, 0.05) is 0 Å². The number of thiazole rings is 1. The van der Waals surface area contributed by atoms with Crippen molar-refractivity contribution in [3.05, 3.63) is 41.1 Å². The first-order chi connectivity index (χ1) is 10.9. The second-order valence-corrected chi connectivity index (χ2v) is 6.07. The molecule has 2 rings (SSSR count). The summed E-state index contributed by atoms with van der Waals surface area (Å²) in [5.74, 6) is -0.152. The highest BCUT2D eigenvalue weighted by Gasteiger charge is 2.23. The van der Waals surface area contributed by atoms with Crippen LogP contribution in [0.1, 0.15) is 34.0 Å². The first kappa shape index (κ1) is 17.0. The maximum Gasteiger partial charge on any atom is 0.326 e. The van der Waals surface area contributed by atoms with Crippen LogP contribution < -0.4 is 5.32 Å². The molecule has 1 atom stereocenters. The van der Waals surface area contributed by atoms with Gasteiger partial charge in [-0.2, -0.15) is 0 Å². The highest BCUT2D eigenvalue weighted by Crippen LogP contribution is 2.29. The minimum atomic E-state index is -1.07. The summed E-state index contributed by atoms with van der Waals surface area (Å²) in [6.45, 7) is 7.10. The van der Waals surface area contributed by atoms with E-state index in [2.05, 4.69) is 16.9 Å². The number of allylic oxidation sites excluding steroid dienone is 1. The lowest BCUT2D eigenvalue weighted by Gasteiger charge is -2.12. The fourth-order valence-corrected chi connectivity index (χ4v) is 2.96. The SMILES string of the molecule is C=CCCC(NC(=O)c1sc(-c2ccc(C)o2)nc1C)C(=O)O. The van der Waals surface area contributed by atoms with E-state index in [1.807, 2.05) is 13.0 Å². The van der Waals surface area contributed by atoms with Crippen molar-refractivity contribution in [3.63, 3.8) is 0 Å². The van der Waals surface area contributed by atoms with Crippen molar-refractivity contribution in [2.24, 2.45) is 0 Å². The highest BCUT2D eigenvalue weighted by atomic mass is 32.1. The topological polar surface area (TPSA) is 92.4 Å². The number of carboxylic acids is 1. The van der Waals surface area contributed by atoms with E-state index in [0.717, 1.165) is 5.76 Å². The molecule has 2 heterocycles. The fraction of sp³-hybridized carbons (Fsp3) is 0.312. The van der Waals surface area contributed by atoms with E-state index in [9.17, 15) is 14.7 Å². The number of nitrogens with zero attached hydrogens (tertiary/aromatic N) is 1. The number of hydrogen-bond acceptors (Lipinski definition) is 5. The van der Waals surface area contributed by atoms with Gasteiger partial charge in [0.2, 0.25) is 0 Å². The lowest BCUT2D eigenvalue weighted by molar-refractivity contribution is -0.139. The van der Waals surface area contributed by atoms with Crippen molar-refractivity contribution in [2.75, 3.05) is 0 Å². The number of hydrogen-bond donors (Lipinski definition) is 2. The van der Waals surface area contributed by atoms with Gasteiger partial charge in [-0.15, -0.1) is 17.9 Å². The summed E-state index contributed by atoms with van der Waals surface area (Å²) in [5.41, 5.74) is 0.546. The molecule has 7 heteroatoms. The van der Waals surface area contributed by atoms with Crippen LogP contribution in [0.4, 0.5) is 0 Å². The van der Waals surface area contributed by atoms with Gasteiger partial charge in [-0.1, -0.05) is 6.08 Å². The van der Waals surface area contributed by atoms with Crippen LogP contribution in [0.15, 0.2) is 29.2 Å². The minimum absolute atomic E-state index is 0.298. The Hall–Kier alpha value is -2.41. The molecule has 1 unspecified atom stereocenters. The summed E-state index contributed by atoms with van der Waals surface area (Å²) in [7, 11) is 0. The fourth-order valence-electron chi connectivity index (χ4n) is 2.03. The molecule has 0 radical (unpaired) electrons. The number of aromatic nitrogens is 1. The molecule has 0 fully saturated rings. The van der Waals surface area contributed by atoms with Crippen LogP contribution in [0.3, 0.4) is 0 Å². The zero-order valence-electron chi connectivity index (χ0n) is 13.0. The van der Waals surface area contributed by atoms with Gasteiger partial charge in [0.1, 0.15) is 16.7 Å². The highest BCUT2D eigenvalue weighted by molar-refractivity contribution is 7.17. The van der Waals surface area contributed by atoms with E-state index < -0.39 is 17.9 Å². The second kappa shape index (κ2) is 7.23. The molecular weight excluding hydrogens is 316 g/mol. The number of aliphatic carboxylic acids is 1. The average molecular weight is 334 g/mol. The summed E-state index contributed by atoms with van der Waals surface area (Å²) >= 11 is 1.18. The maximum absolute atomic E-state index is 12.3. The number of furan rings is 1. The number of carbonyl (C=O) groups is 2. The predicted molar refractivity (Wildman–Crippen MR) is 87.6 cm³/mol. The molecular formula is C16H18N2O4S. The second-order valence-electron chi connectivity index (χ2n) is 5.07. The monoisotopic (exact) mass is 334 g/mol. The number of aryl methyl sites for hydroxylation is 2. The van der Waals surface area contributed by atoms with E-state index >= 15 is 0 Å². The standard InChI is InChI=1S/C16H18N2O4S/c1-4-5-6-11(16(20)21)18-14(19)13-10(3)17-15(23-13)12-8-7-9(2)22-12/h4,7-8,11H,1,5-6H2,2-3H3,(H,18,19)(H,20,21). The first-order valence-electron chi connectivity index (χ1n) is 7.11. The number of carbonyl (C=O) groups excluding carboxylic acids is 1. The summed E-state index contributed by atoms with van der Waals surface area (Å²) < 4.78 is 5.50. The Morgan fingerprint density at radius 3 is 2.78 bits per heavy atom. The van der Waals surface area contributed by atoms with Crippen molar-refractivity contribution < 1.29 is 19.1 Å². The maximum atomic E-state index is 12.3. The lowest BCUT2D eigenvalue weighted by atomic mass is 10.1. The lowest BCUT2D eigenvalue weighted by Crippen LogP contribution is -2.40. The Bertz CT molecular complexity index is 732. The molecule has 2 aromatic heterocycles. The molecule has 2 N–H and O–H groups in total.